The number of nitrogens with two attached hydrogens (primary N) is 1. The molecule has 3 N–H and O–H groups in total. The number of benzene rings is 1. The minimum atomic E-state index is -0.725. The summed E-state index contributed by atoms with van der Waals surface area (Å²) in [6.07, 6.45) is 7.59. The second-order valence-electron chi connectivity index (χ2n) is 7.57. The van der Waals surface area contributed by atoms with Gasteiger partial charge in [0.1, 0.15) is 23.9 Å². The van der Waals surface area contributed by atoms with Crippen molar-refractivity contribution in [1.29, 1.82) is 5.26 Å². The fraction of sp³-hybridized carbons (Fsp3) is 0.350. The van der Waals surface area contributed by atoms with Gasteiger partial charge >= 0.3 is 0 Å². The SMILES string of the molecule is N#Cc1cn2c3c(c(NCCCn4cccn4)c(F)c(N)c3c1=O)OCC21CC1. The van der Waals surface area contributed by atoms with E-state index in [1.165, 1.54) is 0 Å². The molecule has 5 rings (SSSR count). The van der Waals surface area contributed by atoms with E-state index in [0.29, 0.717) is 31.6 Å². The number of hydrogen-bond acceptors (Lipinski definition) is 6. The predicted molar refractivity (Wildman–Crippen MR) is 105 cm³/mol. The van der Waals surface area contributed by atoms with Gasteiger partial charge in [-0.2, -0.15) is 10.4 Å². The van der Waals surface area contributed by atoms with E-state index in [9.17, 15) is 10.1 Å². The number of pyridine rings is 1. The van der Waals surface area contributed by atoms with E-state index >= 15 is 4.39 Å². The van der Waals surface area contributed by atoms with Gasteiger partial charge in [-0.1, -0.05) is 0 Å². The van der Waals surface area contributed by atoms with E-state index in [-0.39, 0.29) is 33.6 Å². The first kappa shape index (κ1) is 17.6. The van der Waals surface area contributed by atoms with Crippen LogP contribution in [0.1, 0.15) is 24.8 Å². The van der Waals surface area contributed by atoms with Crippen LogP contribution < -0.4 is 21.2 Å². The van der Waals surface area contributed by atoms with Gasteiger partial charge in [-0.05, 0) is 25.3 Å². The standard InChI is InChI=1S/C20H19FN6O2/c21-14-15(23)13-17-19(16(14)24-5-1-7-26-8-2-6-25-26)29-11-20(3-4-20)27(17)10-12(9-22)18(13)28/h2,6,8,10,24H,1,3-5,7,11,23H2. The van der Waals surface area contributed by atoms with Gasteiger partial charge in [0.15, 0.2) is 11.6 Å². The van der Waals surface area contributed by atoms with Crippen LogP contribution in [0.3, 0.4) is 0 Å². The first-order valence-corrected chi connectivity index (χ1v) is 9.51. The van der Waals surface area contributed by atoms with Crippen LogP contribution in [0.5, 0.6) is 5.75 Å². The number of rotatable bonds is 5. The van der Waals surface area contributed by atoms with Gasteiger partial charge in [-0.15, -0.1) is 0 Å². The maximum atomic E-state index is 15.1. The van der Waals surface area contributed by atoms with Gasteiger partial charge in [-0.25, -0.2) is 4.39 Å². The summed E-state index contributed by atoms with van der Waals surface area (Å²) in [5.74, 6) is -0.443. The van der Waals surface area contributed by atoms with Crippen LogP contribution in [-0.2, 0) is 12.1 Å². The molecule has 8 nitrogen and oxygen atoms in total. The average Bonchev–Trinajstić information content (AvgIpc) is 3.30. The zero-order valence-electron chi connectivity index (χ0n) is 15.6. The van der Waals surface area contributed by atoms with E-state index in [2.05, 4.69) is 10.4 Å². The molecular formula is C20H19FN6O2. The Balaban J connectivity index is 1.59. The van der Waals surface area contributed by atoms with Crippen LogP contribution in [0, 0.1) is 17.1 Å². The first-order chi connectivity index (χ1) is 14.1. The highest BCUT2D eigenvalue weighted by Gasteiger charge is 2.49. The second-order valence-corrected chi connectivity index (χ2v) is 7.57. The number of hydrogen-bond donors (Lipinski definition) is 2. The second kappa shape index (κ2) is 6.24. The molecule has 2 aromatic heterocycles. The third kappa shape index (κ3) is 2.56. The van der Waals surface area contributed by atoms with Crippen molar-refractivity contribution in [3.05, 3.63) is 46.3 Å². The molecule has 1 fully saturated rings. The van der Waals surface area contributed by atoms with Crippen LogP contribution in [0.4, 0.5) is 15.8 Å². The van der Waals surface area contributed by atoms with Gasteiger partial charge in [0.25, 0.3) is 0 Å². The highest BCUT2D eigenvalue weighted by molar-refractivity contribution is 6.01. The summed E-state index contributed by atoms with van der Waals surface area (Å²) in [4.78, 5) is 12.7. The van der Waals surface area contributed by atoms with E-state index in [1.54, 1.807) is 17.1 Å². The lowest BCUT2D eigenvalue weighted by atomic mass is 10.0. The minimum Gasteiger partial charge on any atom is -0.487 e. The summed E-state index contributed by atoms with van der Waals surface area (Å²) in [5, 5.41) is 16.6. The number of halogens is 1. The Morgan fingerprint density at radius 1 is 1.45 bits per heavy atom. The Bertz CT molecular complexity index is 1220. The van der Waals surface area contributed by atoms with Crippen molar-refractivity contribution in [3.8, 4) is 11.8 Å². The fourth-order valence-corrected chi connectivity index (χ4v) is 4.00. The molecule has 0 atom stereocenters. The number of fused-ring (bicyclic) bond motifs is 1. The zero-order valence-corrected chi connectivity index (χ0v) is 15.6. The lowest BCUT2D eigenvalue weighted by Gasteiger charge is -2.31. The van der Waals surface area contributed by atoms with E-state index in [1.807, 2.05) is 22.9 Å². The molecular weight excluding hydrogens is 375 g/mol. The molecule has 1 aliphatic carbocycles. The highest BCUT2D eigenvalue weighted by Crippen LogP contribution is 2.52. The summed E-state index contributed by atoms with van der Waals surface area (Å²) in [5.41, 5.74) is 5.52. The smallest absolute Gasteiger partial charge is 0.209 e. The lowest BCUT2D eigenvalue weighted by Crippen LogP contribution is -2.33. The molecule has 9 heteroatoms. The number of nitrogens with zero attached hydrogens (tertiary/aromatic N) is 4. The number of aryl methyl sites for hydroxylation is 1. The quantitative estimate of drug-likeness (QED) is 0.507. The van der Waals surface area contributed by atoms with Crippen LogP contribution in [0.2, 0.25) is 0 Å². The highest BCUT2D eigenvalue weighted by atomic mass is 19.1. The number of anilines is 2. The molecule has 0 saturated heterocycles. The summed E-state index contributed by atoms with van der Waals surface area (Å²) in [6, 6.07) is 3.76. The molecule has 29 heavy (non-hydrogen) atoms. The molecule has 2 aliphatic rings. The molecule has 1 saturated carbocycles. The van der Waals surface area contributed by atoms with Crippen LogP contribution >= 0.6 is 0 Å². The largest absolute Gasteiger partial charge is 0.487 e. The van der Waals surface area contributed by atoms with Gasteiger partial charge in [0.2, 0.25) is 5.43 Å². The molecule has 1 aromatic carbocycles. The number of ether oxygens (including phenoxy) is 1. The average molecular weight is 394 g/mol. The third-order valence-corrected chi connectivity index (χ3v) is 5.74. The molecule has 0 amide bonds. The van der Waals surface area contributed by atoms with E-state index in [0.717, 1.165) is 12.8 Å². The van der Waals surface area contributed by atoms with E-state index < -0.39 is 11.2 Å². The monoisotopic (exact) mass is 394 g/mol. The van der Waals surface area contributed by atoms with Crippen LogP contribution in [0.25, 0.3) is 10.9 Å². The van der Waals surface area contributed by atoms with Crippen molar-refractivity contribution >= 4 is 22.3 Å². The van der Waals surface area contributed by atoms with Crippen molar-refractivity contribution in [2.45, 2.75) is 31.3 Å². The van der Waals surface area contributed by atoms with Crippen molar-refractivity contribution in [1.82, 2.24) is 14.3 Å². The molecule has 3 heterocycles. The minimum absolute atomic E-state index is 0.0182. The number of nitrogens with one attached hydrogen (secondary N) is 1. The summed E-state index contributed by atoms with van der Waals surface area (Å²) in [7, 11) is 0. The maximum absolute atomic E-state index is 15.1. The molecule has 1 aliphatic heterocycles. The lowest BCUT2D eigenvalue weighted by molar-refractivity contribution is 0.221. The predicted octanol–water partition coefficient (Wildman–Crippen LogP) is 2.17. The molecule has 0 unspecified atom stereocenters. The van der Waals surface area contributed by atoms with Gasteiger partial charge < -0.3 is 20.4 Å². The summed E-state index contributed by atoms with van der Waals surface area (Å²) >= 11 is 0. The molecule has 0 radical (unpaired) electrons. The Kier molecular flexibility index (Phi) is 3.77. The summed E-state index contributed by atoms with van der Waals surface area (Å²) in [6.45, 7) is 1.53. The maximum Gasteiger partial charge on any atom is 0.209 e. The van der Waals surface area contributed by atoms with Crippen molar-refractivity contribution in [2.24, 2.45) is 0 Å². The Morgan fingerprint density at radius 2 is 2.28 bits per heavy atom. The number of nitrogen functional groups attached to an aromatic ring is 1. The number of nitriles is 1. The first-order valence-electron chi connectivity index (χ1n) is 9.51. The Morgan fingerprint density at radius 3 is 2.97 bits per heavy atom. The van der Waals surface area contributed by atoms with Crippen LogP contribution in [-0.4, -0.2) is 27.5 Å². The molecule has 3 aromatic rings. The fourth-order valence-electron chi connectivity index (χ4n) is 4.00. The topological polar surface area (TPSA) is 111 Å². The Labute approximate surface area is 165 Å². The third-order valence-electron chi connectivity index (χ3n) is 5.74. The Hall–Kier alpha value is -3.54. The molecule has 1 spiro atoms. The number of aromatic nitrogens is 3. The van der Waals surface area contributed by atoms with Gasteiger partial charge in [-0.3, -0.25) is 9.48 Å². The normalized spacial score (nSPS) is 15.9. The van der Waals surface area contributed by atoms with Crippen molar-refractivity contribution < 1.29 is 9.13 Å². The van der Waals surface area contributed by atoms with Gasteiger partial charge in [0, 0.05) is 31.7 Å². The van der Waals surface area contributed by atoms with Crippen molar-refractivity contribution in [3.63, 3.8) is 0 Å². The van der Waals surface area contributed by atoms with Gasteiger partial charge in [0.05, 0.1) is 22.1 Å². The van der Waals surface area contributed by atoms with Crippen LogP contribution in [0.15, 0.2) is 29.5 Å². The molecule has 148 valence electrons. The summed E-state index contributed by atoms with van der Waals surface area (Å²) < 4.78 is 24.8. The zero-order chi connectivity index (χ0) is 20.2. The molecule has 0 bridgehead atoms. The van der Waals surface area contributed by atoms with E-state index in [4.69, 9.17) is 10.5 Å². The van der Waals surface area contributed by atoms with Crippen molar-refractivity contribution in [2.75, 3.05) is 24.2 Å².